The molecule has 0 radical (unpaired) electrons. The van der Waals surface area contributed by atoms with Crippen molar-refractivity contribution in [3.8, 4) is 0 Å². The number of ether oxygens (including phenoxy) is 1. The largest absolute Gasteiger partial charge is 0.486 e. The molecule has 2 aliphatic rings. The molecular formula is C15H14O3. The van der Waals surface area contributed by atoms with E-state index in [1.165, 1.54) is 0 Å². The second-order valence-electron chi connectivity index (χ2n) is 5.37. The molecule has 0 aromatic heterocycles. The average molecular weight is 242 g/mol. The predicted octanol–water partition coefficient (Wildman–Crippen LogP) is 2.61. The second kappa shape index (κ2) is 3.31. The third-order valence-corrected chi connectivity index (χ3v) is 3.95. The molecule has 1 atom stereocenters. The van der Waals surface area contributed by atoms with Crippen LogP contribution in [0.1, 0.15) is 36.7 Å². The van der Waals surface area contributed by atoms with Crippen LogP contribution >= 0.6 is 0 Å². The zero-order valence-corrected chi connectivity index (χ0v) is 10.6. The summed E-state index contributed by atoms with van der Waals surface area (Å²) in [6, 6.07) is 7.13. The van der Waals surface area contributed by atoms with Crippen LogP contribution in [0.5, 0.6) is 0 Å². The lowest BCUT2D eigenvalue weighted by molar-refractivity contribution is -0.112. The Bertz CT molecular complexity index is 608. The first kappa shape index (κ1) is 11.2. The molecule has 18 heavy (non-hydrogen) atoms. The van der Waals surface area contributed by atoms with E-state index in [1.807, 2.05) is 32.9 Å². The van der Waals surface area contributed by atoms with Crippen LogP contribution in [0, 0.1) is 5.92 Å². The van der Waals surface area contributed by atoms with Crippen molar-refractivity contribution in [2.45, 2.75) is 26.4 Å². The molecule has 1 aromatic carbocycles. The smallest absolute Gasteiger partial charge is 0.234 e. The van der Waals surface area contributed by atoms with Crippen molar-refractivity contribution < 1.29 is 14.3 Å². The molecular weight excluding hydrogens is 228 g/mol. The highest BCUT2D eigenvalue weighted by atomic mass is 16.5. The van der Waals surface area contributed by atoms with Crippen molar-refractivity contribution in [3.63, 3.8) is 0 Å². The van der Waals surface area contributed by atoms with Crippen LogP contribution in [0.15, 0.2) is 29.8 Å². The van der Waals surface area contributed by atoms with Crippen LogP contribution in [-0.4, -0.2) is 17.2 Å². The van der Waals surface area contributed by atoms with E-state index >= 15 is 0 Å². The quantitative estimate of drug-likeness (QED) is 0.657. The summed E-state index contributed by atoms with van der Waals surface area (Å²) >= 11 is 0. The van der Waals surface area contributed by atoms with Crippen LogP contribution in [0.3, 0.4) is 0 Å². The minimum absolute atomic E-state index is 0.0719. The van der Waals surface area contributed by atoms with Crippen molar-refractivity contribution in [1.82, 2.24) is 0 Å². The molecule has 0 amide bonds. The fourth-order valence-corrected chi connectivity index (χ4v) is 2.57. The number of hydrogen-bond acceptors (Lipinski definition) is 3. The molecule has 92 valence electrons. The van der Waals surface area contributed by atoms with Gasteiger partial charge in [-0.05, 0) is 13.8 Å². The Morgan fingerprint density at radius 3 is 2.33 bits per heavy atom. The van der Waals surface area contributed by atoms with Gasteiger partial charge in [0.25, 0.3) is 0 Å². The number of benzene rings is 1. The zero-order valence-electron chi connectivity index (χ0n) is 10.6. The Labute approximate surface area is 105 Å². The highest BCUT2D eigenvalue weighted by molar-refractivity contribution is 6.52. The van der Waals surface area contributed by atoms with E-state index < -0.39 is 17.2 Å². The van der Waals surface area contributed by atoms with E-state index in [9.17, 15) is 9.59 Å². The monoisotopic (exact) mass is 242 g/mol. The van der Waals surface area contributed by atoms with E-state index in [0.29, 0.717) is 16.9 Å². The van der Waals surface area contributed by atoms with Gasteiger partial charge in [-0.15, -0.1) is 0 Å². The lowest BCUT2D eigenvalue weighted by Gasteiger charge is -2.24. The normalized spacial score (nSPS) is 24.7. The SMILES string of the molecule is CC1C2=C(OC1(C)C)c1ccccc1C(=O)C2=O. The fraction of sp³-hybridized carbons (Fsp3) is 0.333. The maximum absolute atomic E-state index is 12.2. The fourth-order valence-electron chi connectivity index (χ4n) is 2.57. The zero-order chi connectivity index (χ0) is 13.1. The summed E-state index contributed by atoms with van der Waals surface area (Å²) in [5.74, 6) is -0.315. The Balaban J connectivity index is 2.28. The topological polar surface area (TPSA) is 43.4 Å². The summed E-state index contributed by atoms with van der Waals surface area (Å²) in [6.07, 6.45) is 0. The highest BCUT2D eigenvalue weighted by Gasteiger charge is 2.48. The molecule has 0 bridgehead atoms. The summed E-state index contributed by atoms with van der Waals surface area (Å²) in [5, 5.41) is 0. The molecule has 1 aliphatic carbocycles. The molecule has 3 nitrogen and oxygen atoms in total. The molecule has 0 N–H and O–H groups in total. The molecule has 3 heteroatoms. The number of fused-ring (bicyclic) bond motifs is 2. The minimum atomic E-state index is -0.446. The van der Waals surface area contributed by atoms with E-state index in [4.69, 9.17) is 4.74 Å². The van der Waals surface area contributed by atoms with Crippen LogP contribution in [0.25, 0.3) is 5.76 Å². The van der Waals surface area contributed by atoms with Crippen LogP contribution in [0.2, 0.25) is 0 Å². The molecule has 0 fully saturated rings. The Morgan fingerprint density at radius 2 is 1.67 bits per heavy atom. The van der Waals surface area contributed by atoms with Gasteiger partial charge in [-0.3, -0.25) is 9.59 Å². The Kier molecular flexibility index (Phi) is 2.06. The maximum Gasteiger partial charge on any atom is 0.234 e. The molecule has 1 aliphatic heterocycles. The minimum Gasteiger partial charge on any atom is -0.486 e. The van der Waals surface area contributed by atoms with Crippen molar-refractivity contribution >= 4 is 17.3 Å². The van der Waals surface area contributed by atoms with Crippen molar-refractivity contribution in [3.05, 3.63) is 41.0 Å². The first-order valence-corrected chi connectivity index (χ1v) is 6.05. The molecule has 0 saturated heterocycles. The van der Waals surface area contributed by atoms with Gasteiger partial charge in [0.05, 0.1) is 5.57 Å². The van der Waals surface area contributed by atoms with E-state index in [-0.39, 0.29) is 5.92 Å². The van der Waals surface area contributed by atoms with Crippen LogP contribution in [-0.2, 0) is 9.53 Å². The number of rotatable bonds is 0. The van der Waals surface area contributed by atoms with Crippen molar-refractivity contribution in [1.29, 1.82) is 0 Å². The van der Waals surface area contributed by atoms with Crippen LogP contribution < -0.4 is 0 Å². The molecule has 1 heterocycles. The lowest BCUT2D eigenvalue weighted by atomic mass is 9.80. The third kappa shape index (κ3) is 1.24. The van der Waals surface area contributed by atoms with Gasteiger partial charge in [-0.2, -0.15) is 0 Å². The first-order chi connectivity index (χ1) is 8.43. The highest BCUT2D eigenvalue weighted by Crippen LogP contribution is 2.46. The molecule has 0 spiro atoms. The van der Waals surface area contributed by atoms with Gasteiger partial charge in [0.1, 0.15) is 11.4 Å². The number of carbonyl (C=O) groups is 2. The summed E-state index contributed by atoms with van der Waals surface area (Å²) in [5.41, 5.74) is 1.28. The average Bonchev–Trinajstić information content (AvgIpc) is 2.58. The maximum atomic E-state index is 12.2. The third-order valence-electron chi connectivity index (χ3n) is 3.95. The van der Waals surface area contributed by atoms with Gasteiger partial charge in [0.2, 0.25) is 11.6 Å². The summed E-state index contributed by atoms with van der Waals surface area (Å²) in [6.45, 7) is 5.81. The number of ketones is 2. The summed E-state index contributed by atoms with van der Waals surface area (Å²) < 4.78 is 5.92. The van der Waals surface area contributed by atoms with E-state index in [2.05, 4.69) is 0 Å². The van der Waals surface area contributed by atoms with Crippen LogP contribution in [0.4, 0.5) is 0 Å². The van der Waals surface area contributed by atoms with E-state index in [1.54, 1.807) is 12.1 Å². The standard InChI is InChI=1S/C15H14O3/c1-8-11-13(17)12(16)9-6-4-5-7-10(9)14(11)18-15(8,2)3/h4-8H,1-3H3. The molecule has 1 unspecified atom stereocenters. The first-order valence-electron chi connectivity index (χ1n) is 6.05. The van der Waals surface area contributed by atoms with Gasteiger partial charge >= 0.3 is 0 Å². The second-order valence-corrected chi connectivity index (χ2v) is 5.37. The predicted molar refractivity (Wildman–Crippen MR) is 67.0 cm³/mol. The molecule has 1 aromatic rings. The van der Waals surface area contributed by atoms with Gasteiger partial charge in [0.15, 0.2) is 0 Å². The number of carbonyl (C=O) groups excluding carboxylic acids is 2. The molecule has 3 rings (SSSR count). The van der Waals surface area contributed by atoms with Crippen molar-refractivity contribution in [2.24, 2.45) is 5.92 Å². The van der Waals surface area contributed by atoms with Crippen molar-refractivity contribution in [2.75, 3.05) is 0 Å². The van der Waals surface area contributed by atoms with E-state index in [0.717, 1.165) is 5.56 Å². The molecule has 0 saturated carbocycles. The summed E-state index contributed by atoms with van der Waals surface area (Å²) in [7, 11) is 0. The Morgan fingerprint density at radius 1 is 1.06 bits per heavy atom. The van der Waals surface area contributed by atoms with Gasteiger partial charge in [-0.25, -0.2) is 0 Å². The Hall–Kier alpha value is -1.90. The van der Waals surface area contributed by atoms with Gasteiger partial charge in [0, 0.05) is 17.0 Å². The number of hydrogen-bond donors (Lipinski definition) is 0. The summed E-state index contributed by atoms with van der Waals surface area (Å²) in [4.78, 5) is 24.3. The lowest BCUT2D eigenvalue weighted by Crippen LogP contribution is -2.30. The van der Waals surface area contributed by atoms with Gasteiger partial charge in [-0.1, -0.05) is 31.2 Å². The van der Waals surface area contributed by atoms with Gasteiger partial charge < -0.3 is 4.74 Å². The number of Topliss-reactive ketones (excluding diaryl/α,β-unsaturated/α-hetero) is 2.